The first-order valence-corrected chi connectivity index (χ1v) is 13.3. The Balaban J connectivity index is 1.44. The highest BCUT2D eigenvalue weighted by molar-refractivity contribution is 5.96. The summed E-state index contributed by atoms with van der Waals surface area (Å²) in [6, 6.07) is 14.5. The molecule has 2 aromatic carbocycles. The number of amides is 2. The predicted octanol–water partition coefficient (Wildman–Crippen LogP) is 4.74. The van der Waals surface area contributed by atoms with Crippen molar-refractivity contribution in [1.29, 1.82) is 0 Å². The van der Waals surface area contributed by atoms with Crippen molar-refractivity contribution >= 4 is 23.2 Å². The van der Waals surface area contributed by atoms with Crippen LogP contribution in [0.4, 0.5) is 11.4 Å². The van der Waals surface area contributed by atoms with Gasteiger partial charge in [-0.2, -0.15) is 0 Å². The number of nitrogens with zero attached hydrogens (tertiary/aromatic N) is 2. The van der Waals surface area contributed by atoms with Crippen LogP contribution in [0.25, 0.3) is 0 Å². The Hall–Kier alpha value is -2.90. The SMILES string of the molecule is CN(C)c1ccc(CN(O)C(=O)[C@H](CCC2CCCCC2)N[C@H]2CCc3ccccc3NC2=O)cc1. The number of carbonyl (C=O) groups excluding carboxylic acids is 2. The number of hydrogen-bond acceptors (Lipinski definition) is 5. The summed E-state index contributed by atoms with van der Waals surface area (Å²) in [5.41, 5.74) is 3.85. The molecule has 4 rings (SSSR count). The smallest absolute Gasteiger partial charge is 0.263 e. The zero-order valence-corrected chi connectivity index (χ0v) is 21.6. The van der Waals surface area contributed by atoms with Gasteiger partial charge in [0.2, 0.25) is 5.91 Å². The second-order valence-corrected chi connectivity index (χ2v) is 10.5. The number of fused-ring (bicyclic) bond motifs is 1. The van der Waals surface area contributed by atoms with E-state index < -0.39 is 12.1 Å². The van der Waals surface area contributed by atoms with Crippen LogP contribution in [0.15, 0.2) is 48.5 Å². The minimum Gasteiger partial charge on any atom is -0.378 e. The summed E-state index contributed by atoms with van der Waals surface area (Å²) in [4.78, 5) is 28.5. The maximum absolute atomic E-state index is 13.5. The molecule has 0 unspecified atom stereocenters. The fourth-order valence-corrected chi connectivity index (χ4v) is 5.40. The minimum absolute atomic E-state index is 0.108. The van der Waals surface area contributed by atoms with E-state index in [-0.39, 0.29) is 18.4 Å². The first-order valence-electron chi connectivity index (χ1n) is 13.3. The first-order chi connectivity index (χ1) is 17.4. The van der Waals surface area contributed by atoms with Gasteiger partial charge in [-0.1, -0.05) is 62.4 Å². The van der Waals surface area contributed by atoms with Crippen LogP contribution in [0, 0.1) is 5.92 Å². The summed E-state index contributed by atoms with van der Waals surface area (Å²) in [5.74, 6) is 0.102. The number of hydroxylamine groups is 2. The summed E-state index contributed by atoms with van der Waals surface area (Å²) in [5, 5.41) is 17.9. The van der Waals surface area contributed by atoms with Crippen molar-refractivity contribution in [2.45, 2.75) is 76.4 Å². The molecule has 194 valence electrons. The molecule has 0 spiro atoms. The van der Waals surface area contributed by atoms with E-state index >= 15 is 0 Å². The lowest BCUT2D eigenvalue weighted by Crippen LogP contribution is -2.52. The maximum atomic E-state index is 13.5. The zero-order chi connectivity index (χ0) is 25.5. The van der Waals surface area contributed by atoms with Crippen molar-refractivity contribution in [3.05, 3.63) is 59.7 Å². The van der Waals surface area contributed by atoms with Gasteiger partial charge in [-0.25, -0.2) is 5.06 Å². The van der Waals surface area contributed by atoms with Crippen LogP contribution in [0.2, 0.25) is 0 Å². The molecule has 36 heavy (non-hydrogen) atoms. The van der Waals surface area contributed by atoms with Gasteiger partial charge in [-0.05, 0) is 60.9 Å². The van der Waals surface area contributed by atoms with E-state index in [0.29, 0.717) is 18.8 Å². The van der Waals surface area contributed by atoms with Gasteiger partial charge in [0, 0.05) is 25.5 Å². The molecular formula is C29H40N4O3. The molecule has 1 aliphatic heterocycles. The van der Waals surface area contributed by atoms with E-state index in [2.05, 4.69) is 10.6 Å². The molecule has 0 bridgehead atoms. The van der Waals surface area contributed by atoms with Gasteiger partial charge in [0.25, 0.3) is 5.91 Å². The lowest BCUT2D eigenvalue weighted by atomic mass is 9.85. The highest BCUT2D eigenvalue weighted by Gasteiger charge is 2.31. The van der Waals surface area contributed by atoms with Crippen molar-refractivity contribution in [3.8, 4) is 0 Å². The molecule has 1 saturated carbocycles. The lowest BCUT2D eigenvalue weighted by Gasteiger charge is -2.29. The Kier molecular flexibility index (Phi) is 8.99. The standard InChI is InChI=1S/C29H40N4O3/c1-32(2)24-16-12-22(13-17-24)20-33(36)29(35)27(18-14-21-8-4-3-5-9-21)30-26-19-15-23-10-6-7-11-25(23)31-28(26)34/h6-7,10-13,16-17,21,26-27,30,36H,3-5,8-9,14-15,18-20H2,1-2H3,(H,31,34)/t26-,27-/m0/s1. The second-order valence-electron chi connectivity index (χ2n) is 10.5. The van der Waals surface area contributed by atoms with Gasteiger partial charge >= 0.3 is 0 Å². The Bertz CT molecular complexity index is 1020. The molecule has 7 heteroatoms. The number of nitrogens with one attached hydrogen (secondary N) is 2. The monoisotopic (exact) mass is 492 g/mol. The molecule has 2 aromatic rings. The van der Waals surface area contributed by atoms with Gasteiger partial charge in [-0.15, -0.1) is 0 Å². The molecule has 0 aromatic heterocycles. The normalized spacial score (nSPS) is 19.1. The minimum atomic E-state index is -0.616. The summed E-state index contributed by atoms with van der Waals surface area (Å²) >= 11 is 0. The second kappa shape index (κ2) is 12.4. The zero-order valence-electron chi connectivity index (χ0n) is 21.6. The summed E-state index contributed by atoms with van der Waals surface area (Å²) in [6.07, 6.45) is 9.05. The van der Waals surface area contributed by atoms with Gasteiger partial charge in [0.15, 0.2) is 0 Å². The molecule has 1 aliphatic carbocycles. The summed E-state index contributed by atoms with van der Waals surface area (Å²) < 4.78 is 0. The van der Waals surface area contributed by atoms with Crippen molar-refractivity contribution in [2.75, 3.05) is 24.3 Å². The molecular weight excluding hydrogens is 452 g/mol. The van der Waals surface area contributed by atoms with Crippen molar-refractivity contribution in [3.63, 3.8) is 0 Å². The van der Waals surface area contributed by atoms with Crippen LogP contribution in [-0.4, -0.2) is 48.3 Å². The summed E-state index contributed by atoms with van der Waals surface area (Å²) in [7, 11) is 3.95. The molecule has 3 N–H and O–H groups in total. The fourth-order valence-electron chi connectivity index (χ4n) is 5.40. The van der Waals surface area contributed by atoms with Gasteiger partial charge < -0.3 is 10.2 Å². The highest BCUT2D eigenvalue weighted by Crippen LogP contribution is 2.28. The van der Waals surface area contributed by atoms with Crippen LogP contribution >= 0.6 is 0 Å². The first kappa shape index (κ1) is 26.2. The van der Waals surface area contributed by atoms with E-state index in [1.54, 1.807) is 0 Å². The van der Waals surface area contributed by atoms with Crippen LogP contribution in [0.3, 0.4) is 0 Å². The molecule has 2 atom stereocenters. The van der Waals surface area contributed by atoms with Crippen molar-refractivity contribution in [2.24, 2.45) is 5.92 Å². The number of para-hydroxylation sites is 1. The molecule has 7 nitrogen and oxygen atoms in total. The van der Waals surface area contributed by atoms with Crippen molar-refractivity contribution in [1.82, 2.24) is 10.4 Å². The highest BCUT2D eigenvalue weighted by atomic mass is 16.5. The number of hydrogen-bond donors (Lipinski definition) is 3. The van der Waals surface area contributed by atoms with Crippen LogP contribution in [0.1, 0.15) is 62.5 Å². The molecule has 1 fully saturated rings. The average Bonchev–Trinajstić information content (AvgIpc) is 3.05. The molecule has 2 amide bonds. The Morgan fingerprint density at radius 2 is 1.78 bits per heavy atom. The predicted molar refractivity (Wildman–Crippen MR) is 143 cm³/mol. The quantitative estimate of drug-likeness (QED) is 0.348. The Morgan fingerprint density at radius 3 is 2.50 bits per heavy atom. The third kappa shape index (κ3) is 6.86. The van der Waals surface area contributed by atoms with Crippen molar-refractivity contribution < 1.29 is 14.8 Å². The number of benzene rings is 2. The third-order valence-electron chi connectivity index (χ3n) is 7.62. The number of anilines is 2. The molecule has 1 heterocycles. The van der Waals surface area contributed by atoms with Crippen LogP contribution in [-0.2, 0) is 22.6 Å². The topological polar surface area (TPSA) is 84.9 Å². The molecule has 2 aliphatic rings. The Morgan fingerprint density at radius 1 is 1.06 bits per heavy atom. The van der Waals surface area contributed by atoms with Gasteiger partial charge in [0.05, 0.1) is 18.6 Å². The average molecular weight is 493 g/mol. The van der Waals surface area contributed by atoms with Gasteiger partial charge in [-0.3, -0.25) is 20.1 Å². The number of aryl methyl sites for hydroxylation is 1. The van der Waals surface area contributed by atoms with E-state index in [1.807, 2.05) is 67.5 Å². The van der Waals surface area contributed by atoms with E-state index in [4.69, 9.17) is 0 Å². The largest absolute Gasteiger partial charge is 0.378 e. The fraction of sp³-hybridized carbons (Fsp3) is 0.517. The molecule has 0 saturated heterocycles. The number of carbonyl (C=O) groups is 2. The van der Waals surface area contributed by atoms with E-state index in [1.165, 1.54) is 32.1 Å². The maximum Gasteiger partial charge on any atom is 0.263 e. The van der Waals surface area contributed by atoms with Gasteiger partial charge in [0.1, 0.15) is 0 Å². The van der Waals surface area contributed by atoms with Crippen LogP contribution in [0.5, 0.6) is 0 Å². The lowest BCUT2D eigenvalue weighted by molar-refractivity contribution is -0.171. The van der Waals surface area contributed by atoms with E-state index in [9.17, 15) is 14.8 Å². The summed E-state index contributed by atoms with van der Waals surface area (Å²) in [6.45, 7) is 0.108. The van der Waals surface area contributed by atoms with E-state index in [0.717, 1.165) is 40.4 Å². The number of rotatable bonds is 9. The Labute approximate surface area is 214 Å². The third-order valence-corrected chi connectivity index (χ3v) is 7.62. The van der Waals surface area contributed by atoms with Crippen LogP contribution < -0.4 is 15.5 Å². The molecule has 0 radical (unpaired) electrons.